The summed E-state index contributed by atoms with van der Waals surface area (Å²) in [6, 6.07) is 5.16. The molecule has 0 unspecified atom stereocenters. The number of aliphatic carboxylic acids is 1. The van der Waals surface area contributed by atoms with Crippen molar-refractivity contribution in [2.24, 2.45) is 0 Å². The molecule has 0 aliphatic rings. The fraction of sp³-hybridized carbons (Fsp3) is 0. The van der Waals surface area contributed by atoms with E-state index in [1.165, 1.54) is 6.08 Å². The van der Waals surface area contributed by atoms with Crippen LogP contribution in [0.25, 0.3) is 6.08 Å². The largest absolute Gasteiger partial charge is 0.478 e. The van der Waals surface area contributed by atoms with Crippen LogP contribution >= 0.6 is 15.9 Å². The van der Waals surface area contributed by atoms with E-state index in [9.17, 15) is 9.59 Å². The molecule has 1 aromatic carbocycles. The second-order valence-corrected chi connectivity index (χ2v) is 3.58. The third-order valence-electron chi connectivity index (χ3n) is 1.64. The first-order chi connectivity index (χ1) is 7.13. The molecule has 2 N–H and O–H groups in total. The lowest BCUT2D eigenvalue weighted by molar-refractivity contribution is -0.131. The topological polar surface area (TPSA) is 66.4 Å². The molecule has 0 spiro atoms. The van der Waals surface area contributed by atoms with Crippen LogP contribution in [0, 0.1) is 0 Å². The highest BCUT2D eigenvalue weighted by Gasteiger charge is 1.99. The highest BCUT2D eigenvalue weighted by molar-refractivity contribution is 9.10. The van der Waals surface area contributed by atoms with Crippen molar-refractivity contribution in [3.8, 4) is 0 Å². The molecule has 0 saturated carbocycles. The average molecular weight is 270 g/mol. The van der Waals surface area contributed by atoms with Crippen molar-refractivity contribution in [3.05, 3.63) is 34.3 Å². The second kappa shape index (κ2) is 5.31. The minimum Gasteiger partial charge on any atom is -0.478 e. The lowest BCUT2D eigenvalue weighted by Crippen LogP contribution is -1.96. The van der Waals surface area contributed by atoms with E-state index in [0.29, 0.717) is 17.7 Å². The van der Waals surface area contributed by atoms with E-state index in [-0.39, 0.29) is 0 Å². The molecule has 15 heavy (non-hydrogen) atoms. The van der Waals surface area contributed by atoms with E-state index in [2.05, 4.69) is 21.2 Å². The molecule has 0 aliphatic heterocycles. The Labute approximate surface area is 94.7 Å². The Morgan fingerprint density at radius 3 is 2.80 bits per heavy atom. The number of carbonyl (C=O) groups is 2. The van der Waals surface area contributed by atoms with E-state index in [1.807, 2.05) is 0 Å². The van der Waals surface area contributed by atoms with Gasteiger partial charge in [0.1, 0.15) is 0 Å². The molecule has 0 bridgehead atoms. The molecule has 0 aliphatic carbocycles. The van der Waals surface area contributed by atoms with Gasteiger partial charge < -0.3 is 10.4 Å². The fourth-order valence-corrected chi connectivity index (χ4v) is 1.38. The molecule has 5 heteroatoms. The Morgan fingerprint density at radius 2 is 2.20 bits per heavy atom. The van der Waals surface area contributed by atoms with Gasteiger partial charge in [0, 0.05) is 16.2 Å². The van der Waals surface area contributed by atoms with Crippen LogP contribution in [-0.2, 0) is 9.59 Å². The summed E-state index contributed by atoms with van der Waals surface area (Å²) in [7, 11) is 0. The monoisotopic (exact) mass is 269 g/mol. The van der Waals surface area contributed by atoms with Gasteiger partial charge in [-0.2, -0.15) is 0 Å². The Bertz CT molecular complexity index is 415. The van der Waals surface area contributed by atoms with Crippen LogP contribution in [0.1, 0.15) is 5.56 Å². The normalized spacial score (nSPS) is 10.2. The summed E-state index contributed by atoms with van der Waals surface area (Å²) in [5.41, 5.74) is 1.18. The van der Waals surface area contributed by atoms with Gasteiger partial charge in [-0.05, 0) is 23.8 Å². The molecule has 0 heterocycles. The first-order valence-corrected chi connectivity index (χ1v) is 4.83. The van der Waals surface area contributed by atoms with Crippen LogP contribution in [0.5, 0.6) is 0 Å². The number of halogens is 1. The predicted molar refractivity (Wildman–Crippen MR) is 60.5 cm³/mol. The number of carboxylic acids is 1. The quantitative estimate of drug-likeness (QED) is 0.650. The number of hydrogen-bond acceptors (Lipinski definition) is 2. The molecule has 0 aromatic heterocycles. The summed E-state index contributed by atoms with van der Waals surface area (Å²) in [6.45, 7) is 0. The maximum absolute atomic E-state index is 10.3. The zero-order chi connectivity index (χ0) is 11.3. The van der Waals surface area contributed by atoms with Gasteiger partial charge in [-0.15, -0.1) is 0 Å². The lowest BCUT2D eigenvalue weighted by atomic mass is 10.1. The van der Waals surface area contributed by atoms with Crippen molar-refractivity contribution in [1.29, 1.82) is 0 Å². The van der Waals surface area contributed by atoms with Crippen molar-refractivity contribution >= 4 is 40.1 Å². The summed E-state index contributed by atoms with van der Waals surface area (Å²) in [6.07, 6.45) is 2.97. The number of carboxylic acid groups (broad SMARTS) is 1. The van der Waals surface area contributed by atoms with Crippen molar-refractivity contribution in [1.82, 2.24) is 0 Å². The van der Waals surface area contributed by atoms with Gasteiger partial charge in [-0.3, -0.25) is 4.79 Å². The van der Waals surface area contributed by atoms with Gasteiger partial charge in [0.15, 0.2) is 0 Å². The fourth-order valence-electron chi connectivity index (χ4n) is 1.02. The molecule has 0 saturated heterocycles. The zero-order valence-corrected chi connectivity index (χ0v) is 9.19. The first-order valence-electron chi connectivity index (χ1n) is 4.04. The van der Waals surface area contributed by atoms with Gasteiger partial charge in [-0.25, -0.2) is 4.79 Å². The zero-order valence-electron chi connectivity index (χ0n) is 7.61. The van der Waals surface area contributed by atoms with Gasteiger partial charge in [0.05, 0.1) is 0 Å². The Balaban J connectivity index is 3.04. The Morgan fingerprint density at radius 1 is 1.47 bits per heavy atom. The molecule has 1 aromatic rings. The molecular weight excluding hydrogens is 262 g/mol. The number of hydrogen-bond donors (Lipinski definition) is 2. The second-order valence-electron chi connectivity index (χ2n) is 2.67. The lowest BCUT2D eigenvalue weighted by Gasteiger charge is -2.04. The van der Waals surface area contributed by atoms with Crippen molar-refractivity contribution < 1.29 is 14.7 Å². The van der Waals surface area contributed by atoms with Gasteiger partial charge in [0.25, 0.3) is 0 Å². The molecule has 0 radical (unpaired) electrons. The van der Waals surface area contributed by atoms with Crippen molar-refractivity contribution in [3.63, 3.8) is 0 Å². The Kier molecular flexibility index (Phi) is 4.05. The molecular formula is C10H8BrNO3. The van der Waals surface area contributed by atoms with Crippen LogP contribution in [-0.4, -0.2) is 17.5 Å². The molecule has 1 rings (SSSR count). The van der Waals surface area contributed by atoms with E-state index >= 15 is 0 Å². The van der Waals surface area contributed by atoms with Crippen LogP contribution in [0.4, 0.5) is 5.69 Å². The van der Waals surface area contributed by atoms with Gasteiger partial charge >= 0.3 is 5.97 Å². The third-order valence-corrected chi connectivity index (χ3v) is 2.13. The van der Waals surface area contributed by atoms with E-state index < -0.39 is 5.97 Å². The average Bonchev–Trinajstić information content (AvgIpc) is 2.17. The maximum Gasteiger partial charge on any atom is 0.328 e. The molecule has 1 amide bonds. The molecule has 0 atom stereocenters. The standard InChI is InChI=1S/C10H8BrNO3/c11-8-3-1-7(2-4-10(14)15)9(5-8)12-6-13/h1-6H,(H,12,13)(H,14,15). The highest BCUT2D eigenvalue weighted by Crippen LogP contribution is 2.22. The SMILES string of the molecule is O=CNc1cc(Br)ccc1C=CC(=O)O. The van der Waals surface area contributed by atoms with E-state index in [0.717, 1.165) is 10.5 Å². The number of anilines is 1. The van der Waals surface area contributed by atoms with Crippen molar-refractivity contribution in [2.45, 2.75) is 0 Å². The van der Waals surface area contributed by atoms with Crippen LogP contribution in [0.15, 0.2) is 28.7 Å². The van der Waals surface area contributed by atoms with Gasteiger partial charge in [0.2, 0.25) is 6.41 Å². The third kappa shape index (κ3) is 3.55. The van der Waals surface area contributed by atoms with Crippen LogP contribution in [0.2, 0.25) is 0 Å². The number of carbonyl (C=O) groups excluding carboxylic acids is 1. The first kappa shape index (κ1) is 11.5. The Hall–Kier alpha value is -1.62. The maximum atomic E-state index is 10.3. The van der Waals surface area contributed by atoms with Crippen LogP contribution in [0.3, 0.4) is 0 Å². The van der Waals surface area contributed by atoms with E-state index in [4.69, 9.17) is 5.11 Å². The number of benzene rings is 1. The van der Waals surface area contributed by atoms with Crippen LogP contribution < -0.4 is 5.32 Å². The van der Waals surface area contributed by atoms with E-state index in [1.54, 1.807) is 18.2 Å². The van der Waals surface area contributed by atoms with Gasteiger partial charge in [-0.1, -0.05) is 22.0 Å². The number of nitrogens with one attached hydrogen (secondary N) is 1. The highest BCUT2D eigenvalue weighted by atomic mass is 79.9. The van der Waals surface area contributed by atoms with Crippen molar-refractivity contribution in [2.75, 3.05) is 5.32 Å². The summed E-state index contributed by atoms with van der Waals surface area (Å²) in [5.74, 6) is -1.03. The molecule has 0 fully saturated rings. The minimum absolute atomic E-state index is 0.542. The smallest absolute Gasteiger partial charge is 0.328 e. The summed E-state index contributed by atoms with van der Waals surface area (Å²) >= 11 is 3.25. The molecule has 4 nitrogen and oxygen atoms in total. The predicted octanol–water partition coefficient (Wildman–Crippen LogP) is 2.12. The summed E-state index contributed by atoms with van der Waals surface area (Å²) < 4.78 is 0.805. The summed E-state index contributed by atoms with van der Waals surface area (Å²) in [4.78, 5) is 20.6. The molecule has 78 valence electrons. The number of amides is 1. The summed E-state index contributed by atoms with van der Waals surface area (Å²) in [5, 5.41) is 11.0. The number of rotatable bonds is 4. The minimum atomic E-state index is -1.03.